The van der Waals surface area contributed by atoms with Crippen LogP contribution in [0.2, 0.25) is 0 Å². The second-order valence-electron chi connectivity index (χ2n) is 6.24. The van der Waals surface area contributed by atoms with Crippen LogP contribution in [0.15, 0.2) is 54.6 Å². The van der Waals surface area contributed by atoms with Crippen molar-refractivity contribution in [1.82, 2.24) is 9.80 Å². The van der Waals surface area contributed by atoms with Crippen LogP contribution in [-0.2, 0) is 4.79 Å². The quantitative estimate of drug-likeness (QED) is 0.839. The monoisotopic (exact) mass is 340 g/mol. The van der Waals surface area contributed by atoms with E-state index in [1.165, 1.54) is 0 Å². The lowest BCUT2D eigenvalue weighted by Gasteiger charge is -2.40. The molecule has 2 aromatic rings. The first kappa shape index (κ1) is 17.3. The van der Waals surface area contributed by atoms with Gasteiger partial charge in [0.2, 0.25) is 0 Å². The Hall–Kier alpha value is -2.53. The third-order valence-electron chi connectivity index (χ3n) is 4.51. The van der Waals surface area contributed by atoms with E-state index in [2.05, 4.69) is 24.1 Å². The highest BCUT2D eigenvalue weighted by Crippen LogP contribution is 2.25. The van der Waals surface area contributed by atoms with Gasteiger partial charge in [-0.2, -0.15) is 0 Å². The molecule has 5 heteroatoms. The fraction of sp³-hybridized carbons (Fsp3) is 0.350. The summed E-state index contributed by atoms with van der Waals surface area (Å²) < 4.78 is 10.8. The fourth-order valence-electron chi connectivity index (χ4n) is 3.08. The van der Waals surface area contributed by atoms with Crippen LogP contribution in [-0.4, -0.2) is 56.1 Å². The van der Waals surface area contributed by atoms with Gasteiger partial charge in [-0.05, 0) is 36.9 Å². The lowest BCUT2D eigenvalue weighted by Crippen LogP contribution is -2.50. The van der Waals surface area contributed by atoms with Gasteiger partial charge in [-0.25, -0.2) is 0 Å². The van der Waals surface area contributed by atoms with Crippen molar-refractivity contribution in [3.05, 3.63) is 60.2 Å². The van der Waals surface area contributed by atoms with Crippen molar-refractivity contribution < 1.29 is 14.3 Å². The van der Waals surface area contributed by atoms with Crippen LogP contribution in [0.5, 0.6) is 11.5 Å². The summed E-state index contributed by atoms with van der Waals surface area (Å²) in [5.41, 5.74) is 1.16. The maximum absolute atomic E-state index is 12.7. The van der Waals surface area contributed by atoms with Gasteiger partial charge in [-0.1, -0.05) is 30.3 Å². The van der Waals surface area contributed by atoms with E-state index in [0.717, 1.165) is 24.4 Å². The number of hydrogen-bond acceptors (Lipinski definition) is 4. The highest BCUT2D eigenvalue weighted by molar-refractivity contribution is 5.78. The summed E-state index contributed by atoms with van der Waals surface area (Å²) in [5, 5.41) is 0. The number of ether oxygens (including phenoxy) is 2. The zero-order valence-corrected chi connectivity index (χ0v) is 14.7. The van der Waals surface area contributed by atoms with E-state index in [0.29, 0.717) is 12.3 Å². The molecule has 1 amide bonds. The number of rotatable bonds is 5. The molecule has 0 aromatic heterocycles. The number of hydrogen-bond donors (Lipinski definition) is 0. The number of nitrogens with zero attached hydrogens (tertiary/aromatic N) is 2. The largest absolute Gasteiger partial charge is 0.497 e. The molecule has 0 unspecified atom stereocenters. The van der Waals surface area contributed by atoms with E-state index in [9.17, 15) is 4.79 Å². The molecule has 1 heterocycles. The van der Waals surface area contributed by atoms with Gasteiger partial charge in [0.05, 0.1) is 13.2 Å². The number of piperazine rings is 1. The number of carbonyl (C=O) groups is 1. The SMILES string of the molecule is COc1ccc(OCC(=O)N2CCN(C)C[C@@H]2c2ccccc2)cc1. The number of carbonyl (C=O) groups excluding carboxylic acids is 1. The molecular formula is C20H24N2O3. The first-order valence-electron chi connectivity index (χ1n) is 8.47. The van der Waals surface area contributed by atoms with Gasteiger partial charge in [0.15, 0.2) is 6.61 Å². The molecule has 132 valence electrons. The molecule has 1 fully saturated rings. The molecule has 3 rings (SSSR count). The summed E-state index contributed by atoms with van der Waals surface area (Å²) in [6.45, 7) is 2.45. The average Bonchev–Trinajstić information content (AvgIpc) is 2.67. The van der Waals surface area contributed by atoms with Crippen molar-refractivity contribution in [3.63, 3.8) is 0 Å². The van der Waals surface area contributed by atoms with Crippen LogP contribution in [0, 0.1) is 0 Å². The van der Waals surface area contributed by atoms with Gasteiger partial charge in [-0.3, -0.25) is 4.79 Å². The molecule has 1 atom stereocenters. The summed E-state index contributed by atoms with van der Waals surface area (Å²) in [6, 6.07) is 17.5. The number of amides is 1. The van der Waals surface area contributed by atoms with E-state index in [1.54, 1.807) is 7.11 Å². The minimum Gasteiger partial charge on any atom is -0.497 e. The summed E-state index contributed by atoms with van der Waals surface area (Å²) in [5.74, 6) is 1.44. The molecule has 0 saturated carbocycles. The summed E-state index contributed by atoms with van der Waals surface area (Å²) in [7, 11) is 3.71. The van der Waals surface area contributed by atoms with E-state index in [-0.39, 0.29) is 18.6 Å². The average molecular weight is 340 g/mol. The number of benzene rings is 2. The van der Waals surface area contributed by atoms with E-state index in [1.807, 2.05) is 47.4 Å². The maximum atomic E-state index is 12.7. The van der Waals surface area contributed by atoms with Gasteiger partial charge in [-0.15, -0.1) is 0 Å². The predicted octanol–water partition coefficient (Wildman–Crippen LogP) is 2.59. The Labute approximate surface area is 148 Å². The van der Waals surface area contributed by atoms with Gasteiger partial charge in [0, 0.05) is 19.6 Å². The molecule has 0 N–H and O–H groups in total. The van der Waals surface area contributed by atoms with Gasteiger partial charge in [0.25, 0.3) is 5.91 Å². The Balaban J connectivity index is 1.66. The van der Waals surface area contributed by atoms with E-state index in [4.69, 9.17) is 9.47 Å². The molecule has 5 nitrogen and oxygen atoms in total. The van der Waals surface area contributed by atoms with Crippen molar-refractivity contribution in [2.45, 2.75) is 6.04 Å². The maximum Gasteiger partial charge on any atom is 0.261 e. The van der Waals surface area contributed by atoms with Gasteiger partial charge < -0.3 is 19.3 Å². The molecule has 2 aromatic carbocycles. The van der Waals surface area contributed by atoms with Crippen molar-refractivity contribution >= 4 is 5.91 Å². The molecule has 25 heavy (non-hydrogen) atoms. The first-order valence-corrected chi connectivity index (χ1v) is 8.47. The second kappa shape index (κ2) is 8.03. The van der Waals surface area contributed by atoms with Crippen LogP contribution < -0.4 is 9.47 Å². The summed E-state index contributed by atoms with van der Waals surface area (Å²) in [4.78, 5) is 16.9. The van der Waals surface area contributed by atoms with Gasteiger partial charge in [0.1, 0.15) is 11.5 Å². The lowest BCUT2D eigenvalue weighted by molar-refractivity contribution is -0.138. The molecule has 0 aliphatic carbocycles. The van der Waals surface area contributed by atoms with Crippen LogP contribution in [0.3, 0.4) is 0 Å². The molecular weight excluding hydrogens is 316 g/mol. The Morgan fingerprint density at radius 1 is 1.04 bits per heavy atom. The normalized spacial score (nSPS) is 18.0. The number of likely N-dealkylation sites (N-methyl/N-ethyl adjacent to an activating group) is 1. The molecule has 0 radical (unpaired) electrons. The highest BCUT2D eigenvalue weighted by Gasteiger charge is 2.30. The van der Waals surface area contributed by atoms with Crippen LogP contribution in [0.1, 0.15) is 11.6 Å². The predicted molar refractivity (Wildman–Crippen MR) is 96.9 cm³/mol. The van der Waals surface area contributed by atoms with Crippen molar-refractivity contribution in [2.75, 3.05) is 40.4 Å². The summed E-state index contributed by atoms with van der Waals surface area (Å²) >= 11 is 0. The van der Waals surface area contributed by atoms with E-state index >= 15 is 0 Å². The Bertz CT molecular complexity index is 688. The molecule has 0 spiro atoms. The topological polar surface area (TPSA) is 42.0 Å². The van der Waals surface area contributed by atoms with Crippen LogP contribution in [0.4, 0.5) is 0 Å². The van der Waals surface area contributed by atoms with E-state index < -0.39 is 0 Å². The third kappa shape index (κ3) is 4.31. The molecule has 0 bridgehead atoms. The van der Waals surface area contributed by atoms with Gasteiger partial charge >= 0.3 is 0 Å². The molecule has 1 saturated heterocycles. The van der Waals surface area contributed by atoms with Crippen LogP contribution in [0.25, 0.3) is 0 Å². The Kier molecular flexibility index (Phi) is 5.56. The van der Waals surface area contributed by atoms with Crippen LogP contribution >= 0.6 is 0 Å². The molecule has 1 aliphatic rings. The Morgan fingerprint density at radius 2 is 1.72 bits per heavy atom. The summed E-state index contributed by atoms with van der Waals surface area (Å²) in [6.07, 6.45) is 0. The zero-order chi connectivity index (χ0) is 17.6. The lowest BCUT2D eigenvalue weighted by atomic mass is 10.0. The zero-order valence-electron chi connectivity index (χ0n) is 14.7. The fourth-order valence-corrected chi connectivity index (χ4v) is 3.08. The number of methoxy groups -OCH3 is 1. The first-order chi connectivity index (χ1) is 12.2. The molecule has 1 aliphatic heterocycles. The minimum absolute atomic E-state index is 0.0118. The standard InChI is InChI=1S/C20H24N2O3/c1-21-12-13-22(19(14-21)16-6-4-3-5-7-16)20(23)15-25-18-10-8-17(24-2)9-11-18/h3-11,19H,12-15H2,1-2H3/t19-/m1/s1. The van der Waals surface area contributed by atoms with Crippen molar-refractivity contribution in [1.29, 1.82) is 0 Å². The smallest absolute Gasteiger partial charge is 0.261 e. The minimum atomic E-state index is 0.0118. The second-order valence-corrected chi connectivity index (χ2v) is 6.24. The highest BCUT2D eigenvalue weighted by atomic mass is 16.5. The van der Waals surface area contributed by atoms with Crippen molar-refractivity contribution in [3.8, 4) is 11.5 Å². The van der Waals surface area contributed by atoms with Crippen molar-refractivity contribution in [2.24, 2.45) is 0 Å². The Morgan fingerprint density at radius 3 is 2.40 bits per heavy atom. The third-order valence-corrected chi connectivity index (χ3v) is 4.51.